The number of esters is 2. The summed E-state index contributed by atoms with van der Waals surface area (Å²) in [6.07, 6.45) is 39.8. The van der Waals surface area contributed by atoms with Gasteiger partial charge in [0.25, 0.3) is 11.8 Å². The largest absolute Gasteiger partial charge is 0.490 e. The fraction of sp³-hybridized carbons (Fsp3) is 0.771. The maximum absolute atomic E-state index is 14.4. The third kappa shape index (κ3) is 36.3. The first-order valence-electron chi connectivity index (χ1n) is 34.3. The molecule has 0 radical (unpaired) electrons. The van der Waals surface area contributed by atoms with Gasteiger partial charge in [0.1, 0.15) is 12.1 Å². The van der Waals surface area contributed by atoms with Gasteiger partial charge in [-0.25, -0.2) is 9.59 Å². The van der Waals surface area contributed by atoms with E-state index in [1.807, 2.05) is 0 Å². The number of benzene rings is 2. The molecule has 0 saturated carbocycles. The third-order valence-corrected chi connectivity index (χ3v) is 17.6. The predicted octanol–water partition coefficient (Wildman–Crippen LogP) is 18.7. The van der Waals surface area contributed by atoms with Crippen LogP contribution in [0.2, 0.25) is 0 Å². The summed E-state index contributed by atoms with van der Waals surface area (Å²) in [6, 6.07) is 4.62. The van der Waals surface area contributed by atoms with Crippen molar-refractivity contribution < 1.29 is 57.1 Å². The number of hydrogen-bond acceptors (Lipinski definition) is 14. The van der Waals surface area contributed by atoms with Crippen molar-refractivity contribution in [3.8, 4) is 34.5 Å². The van der Waals surface area contributed by atoms with Crippen molar-refractivity contribution in [2.24, 2.45) is 0 Å². The zero-order chi connectivity index (χ0) is 62.5. The third-order valence-electron chi connectivity index (χ3n) is 15.2. The number of carbonyl (C=O) groups excluding carboxylic acids is 4. The molecule has 0 spiro atoms. The average Bonchev–Trinajstić information content (AvgIpc) is 1.77. The molecule has 0 aliphatic rings. The Kier molecular flexibility index (Phi) is 48.8. The summed E-state index contributed by atoms with van der Waals surface area (Å²) in [5.41, 5.74) is 0.523. The van der Waals surface area contributed by atoms with Crippen molar-refractivity contribution >= 4 is 45.3 Å². The lowest BCUT2D eigenvalue weighted by molar-refractivity contribution is -0.143. The quantitative estimate of drug-likeness (QED) is 0.0365. The smallest absolute Gasteiger partial charge is 0.329 e. The SMILES string of the molecule is CCCCCCCCOc1cc(C(=O)N[C@@H](CSSC[C@H](NC(=O)c2cc(OCCCCCCCC)c(OCCCCCCCC)c(OCCCCCCCC)c2)C(=O)OC)C(=O)OC)cc(OCCCCCCCC)c1OCCCCCCCC. The number of hydrogen-bond donors (Lipinski definition) is 2. The monoisotopic (exact) mass is 1240 g/mol. The molecule has 0 bridgehead atoms. The number of unbranched alkanes of at least 4 members (excludes halogenated alkanes) is 30. The molecule has 2 amide bonds. The molecule has 0 aromatic heterocycles. The fourth-order valence-electron chi connectivity index (χ4n) is 9.84. The molecule has 2 N–H and O–H groups in total. The van der Waals surface area contributed by atoms with E-state index in [1.165, 1.54) is 151 Å². The fourth-order valence-corrected chi connectivity index (χ4v) is 12.1. The topological polar surface area (TPSA) is 166 Å². The Morgan fingerprint density at radius 2 is 0.535 bits per heavy atom. The van der Waals surface area contributed by atoms with Crippen LogP contribution in [0.4, 0.5) is 0 Å². The normalized spacial score (nSPS) is 11.9. The highest BCUT2D eigenvalue weighted by atomic mass is 33.1. The first kappa shape index (κ1) is 77.9. The molecule has 2 atom stereocenters. The number of rotatable bonds is 59. The van der Waals surface area contributed by atoms with Gasteiger partial charge in [0, 0.05) is 22.6 Å². The molecule has 2 aromatic rings. The van der Waals surface area contributed by atoms with Crippen molar-refractivity contribution in [2.45, 2.75) is 285 Å². The van der Waals surface area contributed by atoms with Crippen LogP contribution >= 0.6 is 21.6 Å². The van der Waals surface area contributed by atoms with Gasteiger partial charge >= 0.3 is 11.9 Å². The molecule has 0 aliphatic heterocycles. The van der Waals surface area contributed by atoms with Crippen molar-refractivity contribution in [3.63, 3.8) is 0 Å². The second-order valence-electron chi connectivity index (χ2n) is 23.0. The first-order chi connectivity index (χ1) is 42.1. The molecule has 2 aromatic carbocycles. The number of ether oxygens (including phenoxy) is 8. The first-order valence-corrected chi connectivity index (χ1v) is 36.8. The maximum Gasteiger partial charge on any atom is 0.329 e. The van der Waals surface area contributed by atoms with Gasteiger partial charge in [-0.1, -0.05) is 256 Å². The van der Waals surface area contributed by atoms with E-state index in [1.54, 1.807) is 24.3 Å². The van der Waals surface area contributed by atoms with Crippen molar-refractivity contribution in [2.75, 3.05) is 65.4 Å². The van der Waals surface area contributed by atoms with Crippen LogP contribution in [0.15, 0.2) is 24.3 Å². The van der Waals surface area contributed by atoms with Crippen LogP contribution in [0.3, 0.4) is 0 Å². The highest BCUT2D eigenvalue weighted by Crippen LogP contribution is 2.41. The van der Waals surface area contributed by atoms with Gasteiger partial charge in [0.05, 0.1) is 53.9 Å². The predicted molar refractivity (Wildman–Crippen MR) is 358 cm³/mol. The average molecular weight is 1250 g/mol. The number of amides is 2. The minimum absolute atomic E-state index is 0.0892. The summed E-state index contributed by atoms with van der Waals surface area (Å²) < 4.78 is 49.2. The highest BCUT2D eigenvalue weighted by molar-refractivity contribution is 8.76. The second-order valence-corrected chi connectivity index (χ2v) is 25.5. The van der Waals surface area contributed by atoms with Gasteiger partial charge in [0.2, 0.25) is 11.5 Å². The molecule has 0 heterocycles. The van der Waals surface area contributed by atoms with Gasteiger partial charge < -0.3 is 48.5 Å². The van der Waals surface area contributed by atoms with Crippen LogP contribution in [0, 0.1) is 0 Å². The summed E-state index contributed by atoms with van der Waals surface area (Å²) in [4.78, 5) is 55.5. The summed E-state index contributed by atoms with van der Waals surface area (Å²) in [7, 11) is 5.09. The van der Waals surface area contributed by atoms with Crippen molar-refractivity contribution in [3.05, 3.63) is 35.4 Å². The van der Waals surface area contributed by atoms with E-state index in [2.05, 4.69) is 52.2 Å². The number of nitrogens with one attached hydrogen (secondary N) is 2. The minimum Gasteiger partial charge on any atom is -0.490 e. The van der Waals surface area contributed by atoms with E-state index >= 15 is 0 Å². The molecular weight excluding hydrogens is 1120 g/mol. The Hall–Kier alpha value is -4.18. The van der Waals surface area contributed by atoms with E-state index in [4.69, 9.17) is 37.9 Å². The lowest BCUT2D eigenvalue weighted by Gasteiger charge is -2.21. The van der Waals surface area contributed by atoms with Crippen molar-refractivity contribution in [1.82, 2.24) is 10.6 Å². The highest BCUT2D eigenvalue weighted by Gasteiger charge is 2.28. The van der Waals surface area contributed by atoms with Gasteiger partial charge in [-0.2, -0.15) is 0 Å². The Bertz CT molecular complexity index is 1820. The molecule has 0 fully saturated rings. The van der Waals surface area contributed by atoms with E-state index in [0.29, 0.717) is 74.1 Å². The minimum atomic E-state index is -1.06. The molecular formula is C70H120N2O12S2. The van der Waals surface area contributed by atoms with Crippen LogP contribution in [-0.4, -0.2) is 101 Å². The molecule has 494 valence electrons. The number of methoxy groups -OCH3 is 2. The standard InChI is InChI=1S/C70H120N2O12S2/c1-9-15-21-27-33-39-45-79-61-51-57(52-62(80-46-40-34-28-22-16-10-2)65(61)83-49-43-37-31-25-19-13-5)67(73)71-59(69(75)77-7)55-85-86-56-60(70(76)78-8)72-68(74)58-53-63(81-47-41-35-29-23-17-11-3)66(84-50-44-38-32-26-20-14-6)64(54-58)82-48-42-36-30-24-18-12-4/h51-54,59-60H,9-50,55-56H2,1-8H3,(H,71,73)(H,72,74)/t59-,60-/m0/s1. The second kappa shape index (κ2) is 53.8. The van der Waals surface area contributed by atoms with Crippen molar-refractivity contribution in [1.29, 1.82) is 0 Å². The Morgan fingerprint density at radius 3 is 0.756 bits per heavy atom. The molecule has 86 heavy (non-hydrogen) atoms. The summed E-state index contributed by atoms with van der Waals surface area (Å²) in [5.74, 6) is 0.635. The van der Waals surface area contributed by atoms with Gasteiger partial charge in [-0.3, -0.25) is 9.59 Å². The lowest BCUT2D eigenvalue weighted by atomic mass is 10.1. The molecule has 0 unspecified atom stereocenters. The van der Waals surface area contributed by atoms with Crippen LogP contribution in [-0.2, 0) is 19.1 Å². The summed E-state index contributed by atoms with van der Waals surface area (Å²) in [6.45, 7) is 16.1. The molecule has 2 rings (SSSR count). The van der Waals surface area contributed by atoms with E-state index in [0.717, 1.165) is 116 Å². The van der Waals surface area contributed by atoms with E-state index < -0.39 is 35.8 Å². The van der Waals surface area contributed by atoms with E-state index in [-0.39, 0.29) is 22.6 Å². The molecule has 0 aliphatic carbocycles. The van der Waals surface area contributed by atoms with Crippen LogP contribution in [0.1, 0.15) is 293 Å². The number of carbonyl (C=O) groups is 4. The Balaban J connectivity index is 2.40. The van der Waals surface area contributed by atoms with Gasteiger partial charge in [0.15, 0.2) is 23.0 Å². The molecule has 14 nitrogen and oxygen atoms in total. The van der Waals surface area contributed by atoms with Crippen LogP contribution in [0.25, 0.3) is 0 Å². The summed E-state index contributed by atoms with van der Waals surface area (Å²) in [5, 5.41) is 5.81. The van der Waals surface area contributed by atoms with Gasteiger partial charge in [-0.05, 0) is 62.8 Å². The Morgan fingerprint density at radius 1 is 0.326 bits per heavy atom. The zero-order valence-electron chi connectivity index (χ0n) is 55.3. The van der Waals surface area contributed by atoms with E-state index in [9.17, 15) is 19.2 Å². The molecule has 0 saturated heterocycles. The van der Waals surface area contributed by atoms with Gasteiger partial charge in [-0.15, -0.1) is 0 Å². The summed E-state index contributed by atoms with van der Waals surface area (Å²) >= 11 is 0. The van der Waals surface area contributed by atoms with Crippen LogP contribution in [0.5, 0.6) is 34.5 Å². The maximum atomic E-state index is 14.4. The Labute approximate surface area is 530 Å². The van der Waals surface area contributed by atoms with Crippen LogP contribution < -0.4 is 39.1 Å². The zero-order valence-corrected chi connectivity index (χ0v) is 56.9. The molecule has 16 heteroatoms. The lowest BCUT2D eigenvalue weighted by Crippen LogP contribution is -2.44.